The Morgan fingerprint density at radius 3 is 2.41 bits per heavy atom. The number of anilines is 1. The number of halogens is 1. The van der Waals surface area contributed by atoms with Gasteiger partial charge < -0.3 is 19.7 Å². The summed E-state index contributed by atoms with van der Waals surface area (Å²) in [7, 11) is 0. The third-order valence-electron chi connectivity index (χ3n) is 5.26. The Morgan fingerprint density at radius 2 is 1.69 bits per heavy atom. The summed E-state index contributed by atoms with van der Waals surface area (Å²) in [4.78, 5) is 29.2. The first kappa shape index (κ1) is 19.5. The van der Waals surface area contributed by atoms with Crippen LogP contribution in [0.4, 0.5) is 5.69 Å². The fourth-order valence-corrected chi connectivity index (χ4v) is 3.60. The summed E-state index contributed by atoms with van der Waals surface area (Å²) < 4.78 is 10.6. The zero-order chi connectivity index (χ0) is 20.4. The lowest BCUT2D eigenvalue weighted by atomic mass is 10.1. The van der Waals surface area contributed by atoms with E-state index >= 15 is 0 Å². The van der Waals surface area contributed by atoms with E-state index in [4.69, 9.17) is 21.1 Å². The Morgan fingerprint density at radius 1 is 1.00 bits per heavy atom. The largest absolute Gasteiger partial charge is 0.454 e. The molecule has 1 N–H and O–H groups in total. The van der Waals surface area contributed by atoms with E-state index in [0.717, 1.165) is 0 Å². The van der Waals surface area contributed by atoms with E-state index in [1.54, 1.807) is 42.5 Å². The molecule has 4 rings (SSSR count). The zero-order valence-electron chi connectivity index (χ0n) is 16.1. The van der Waals surface area contributed by atoms with Crippen molar-refractivity contribution in [1.29, 1.82) is 0 Å². The van der Waals surface area contributed by atoms with Gasteiger partial charge in [-0.05, 0) is 43.3 Å². The average molecular weight is 416 g/mol. The lowest BCUT2D eigenvalue weighted by molar-refractivity contribution is -0.121. The van der Waals surface area contributed by atoms with Crippen LogP contribution in [0.25, 0.3) is 0 Å². The van der Waals surface area contributed by atoms with Gasteiger partial charge in [0, 0.05) is 48.5 Å². The van der Waals surface area contributed by atoms with Gasteiger partial charge in [-0.3, -0.25) is 14.5 Å². The van der Waals surface area contributed by atoms with Crippen molar-refractivity contribution in [3.63, 3.8) is 0 Å². The molecule has 1 fully saturated rings. The van der Waals surface area contributed by atoms with Crippen molar-refractivity contribution in [2.45, 2.75) is 13.0 Å². The molecule has 2 aliphatic heterocycles. The fourth-order valence-electron chi connectivity index (χ4n) is 3.47. The van der Waals surface area contributed by atoms with Crippen LogP contribution >= 0.6 is 11.6 Å². The first-order valence-electron chi connectivity index (χ1n) is 9.50. The maximum atomic E-state index is 12.7. The highest BCUT2D eigenvalue weighted by Gasteiger charge is 2.28. The molecular formula is C21H22ClN3O4. The number of hydrogen-bond donors (Lipinski definition) is 1. The first-order valence-corrected chi connectivity index (χ1v) is 9.88. The molecule has 0 bridgehead atoms. The summed E-state index contributed by atoms with van der Waals surface area (Å²) in [5.74, 6) is 1.20. The maximum Gasteiger partial charge on any atom is 0.253 e. The number of fused-ring (bicyclic) bond motifs is 1. The molecule has 2 aromatic rings. The molecule has 7 nitrogen and oxygen atoms in total. The minimum absolute atomic E-state index is 0.0150. The lowest BCUT2D eigenvalue weighted by Crippen LogP contribution is -2.54. The van der Waals surface area contributed by atoms with Crippen LogP contribution in [0.15, 0.2) is 42.5 Å². The molecule has 29 heavy (non-hydrogen) atoms. The Labute approximate surface area is 174 Å². The van der Waals surface area contributed by atoms with Gasteiger partial charge in [-0.25, -0.2) is 0 Å². The molecule has 2 heterocycles. The van der Waals surface area contributed by atoms with E-state index in [1.807, 2.05) is 11.8 Å². The smallest absolute Gasteiger partial charge is 0.253 e. The summed E-state index contributed by atoms with van der Waals surface area (Å²) in [6.07, 6.45) is 0. The molecule has 2 aliphatic rings. The summed E-state index contributed by atoms with van der Waals surface area (Å²) in [6, 6.07) is 11.9. The SMILES string of the molecule is CC(C(=O)Nc1ccc2c(c1)OCO2)N1CCN(C(=O)c2ccc(Cl)cc2)CC1. The molecule has 152 valence electrons. The van der Waals surface area contributed by atoms with E-state index in [1.165, 1.54) is 0 Å². The van der Waals surface area contributed by atoms with Gasteiger partial charge in [0.2, 0.25) is 12.7 Å². The van der Waals surface area contributed by atoms with E-state index in [2.05, 4.69) is 10.2 Å². The number of piperazine rings is 1. The second-order valence-electron chi connectivity index (χ2n) is 7.07. The van der Waals surface area contributed by atoms with Crippen LogP contribution in [0, 0.1) is 0 Å². The lowest BCUT2D eigenvalue weighted by Gasteiger charge is -2.37. The van der Waals surface area contributed by atoms with Crippen molar-refractivity contribution in [2.24, 2.45) is 0 Å². The van der Waals surface area contributed by atoms with E-state index in [9.17, 15) is 9.59 Å². The van der Waals surface area contributed by atoms with Crippen molar-refractivity contribution < 1.29 is 19.1 Å². The fraction of sp³-hybridized carbons (Fsp3) is 0.333. The predicted molar refractivity (Wildman–Crippen MR) is 110 cm³/mol. The minimum atomic E-state index is -0.312. The molecule has 0 radical (unpaired) electrons. The number of amides is 2. The van der Waals surface area contributed by atoms with Crippen LogP contribution in [0.5, 0.6) is 11.5 Å². The Bertz CT molecular complexity index is 911. The van der Waals surface area contributed by atoms with Crippen molar-refractivity contribution in [1.82, 2.24) is 9.80 Å². The number of rotatable bonds is 4. The third kappa shape index (κ3) is 4.31. The van der Waals surface area contributed by atoms with Gasteiger partial charge in [-0.1, -0.05) is 11.6 Å². The third-order valence-corrected chi connectivity index (χ3v) is 5.51. The van der Waals surface area contributed by atoms with Crippen molar-refractivity contribution in [3.05, 3.63) is 53.1 Å². The average Bonchev–Trinajstić information content (AvgIpc) is 3.21. The van der Waals surface area contributed by atoms with Gasteiger partial charge in [0.25, 0.3) is 5.91 Å². The molecule has 0 spiro atoms. The molecular weight excluding hydrogens is 394 g/mol. The van der Waals surface area contributed by atoms with Gasteiger partial charge in [0.1, 0.15) is 0 Å². The normalized spacial score (nSPS) is 17.1. The number of nitrogens with one attached hydrogen (secondary N) is 1. The molecule has 2 amide bonds. The number of hydrogen-bond acceptors (Lipinski definition) is 5. The summed E-state index contributed by atoms with van der Waals surface area (Å²) in [5, 5.41) is 3.53. The monoisotopic (exact) mass is 415 g/mol. The summed E-state index contributed by atoms with van der Waals surface area (Å²) >= 11 is 5.89. The number of ether oxygens (including phenoxy) is 2. The highest BCUT2D eigenvalue weighted by Crippen LogP contribution is 2.34. The predicted octanol–water partition coefficient (Wildman–Crippen LogP) is 2.85. The quantitative estimate of drug-likeness (QED) is 0.831. The molecule has 1 saturated heterocycles. The van der Waals surface area contributed by atoms with Crippen LogP contribution < -0.4 is 14.8 Å². The highest BCUT2D eigenvalue weighted by atomic mass is 35.5. The van der Waals surface area contributed by atoms with Gasteiger partial charge in [0.15, 0.2) is 11.5 Å². The van der Waals surface area contributed by atoms with Crippen LogP contribution in [-0.2, 0) is 4.79 Å². The Balaban J connectivity index is 1.31. The second kappa shape index (κ2) is 8.31. The second-order valence-corrected chi connectivity index (χ2v) is 7.50. The molecule has 0 aromatic heterocycles. The van der Waals surface area contributed by atoms with E-state index in [0.29, 0.717) is 54.0 Å². The van der Waals surface area contributed by atoms with Crippen molar-refractivity contribution in [2.75, 3.05) is 38.3 Å². The maximum absolute atomic E-state index is 12.7. The van der Waals surface area contributed by atoms with Gasteiger partial charge >= 0.3 is 0 Å². The number of carbonyl (C=O) groups excluding carboxylic acids is 2. The highest BCUT2D eigenvalue weighted by molar-refractivity contribution is 6.30. The van der Waals surface area contributed by atoms with E-state index in [-0.39, 0.29) is 24.6 Å². The molecule has 0 saturated carbocycles. The first-order chi connectivity index (χ1) is 14.0. The Hall–Kier alpha value is -2.77. The standard InChI is InChI=1S/C21H22ClN3O4/c1-14(20(26)23-17-6-7-18-19(12-17)29-13-28-18)24-8-10-25(11-9-24)21(27)15-2-4-16(22)5-3-15/h2-7,12,14H,8-11,13H2,1H3,(H,23,26). The van der Waals surface area contributed by atoms with Crippen LogP contribution in [0.2, 0.25) is 5.02 Å². The molecule has 0 aliphatic carbocycles. The van der Waals surface area contributed by atoms with Gasteiger partial charge in [0.05, 0.1) is 6.04 Å². The van der Waals surface area contributed by atoms with Crippen LogP contribution in [-0.4, -0.2) is 60.6 Å². The van der Waals surface area contributed by atoms with Crippen molar-refractivity contribution in [3.8, 4) is 11.5 Å². The summed E-state index contributed by atoms with van der Waals surface area (Å²) in [5.41, 5.74) is 1.29. The number of carbonyl (C=O) groups is 2. The topological polar surface area (TPSA) is 71.1 Å². The number of nitrogens with zero attached hydrogens (tertiary/aromatic N) is 2. The Kier molecular flexibility index (Phi) is 5.60. The molecule has 8 heteroatoms. The van der Waals surface area contributed by atoms with Crippen molar-refractivity contribution >= 4 is 29.1 Å². The van der Waals surface area contributed by atoms with Crippen LogP contribution in [0.1, 0.15) is 17.3 Å². The number of benzene rings is 2. The van der Waals surface area contributed by atoms with Gasteiger partial charge in [-0.15, -0.1) is 0 Å². The zero-order valence-corrected chi connectivity index (χ0v) is 16.8. The summed E-state index contributed by atoms with van der Waals surface area (Å²) in [6.45, 7) is 4.48. The minimum Gasteiger partial charge on any atom is -0.454 e. The molecule has 2 aromatic carbocycles. The van der Waals surface area contributed by atoms with Gasteiger partial charge in [-0.2, -0.15) is 0 Å². The van der Waals surface area contributed by atoms with Crippen LogP contribution in [0.3, 0.4) is 0 Å². The van der Waals surface area contributed by atoms with E-state index < -0.39 is 0 Å². The molecule has 1 unspecified atom stereocenters. The molecule has 1 atom stereocenters.